The Balaban J connectivity index is 2.37. The molecule has 0 fully saturated rings. The minimum atomic E-state index is -0.194. The van der Waals surface area contributed by atoms with Crippen molar-refractivity contribution in [3.8, 4) is 0 Å². The minimum absolute atomic E-state index is 0.136. The lowest BCUT2D eigenvalue weighted by atomic mass is 10.1. The first-order valence-electron chi connectivity index (χ1n) is 5.61. The van der Waals surface area contributed by atoms with Gasteiger partial charge in [0, 0.05) is 0 Å². The Hall–Kier alpha value is -0.580. The molecule has 0 aliphatic rings. The third kappa shape index (κ3) is 4.51. The summed E-state index contributed by atoms with van der Waals surface area (Å²) in [4.78, 5) is 11.7. The number of hydrogen-bond acceptors (Lipinski definition) is 2. The molecule has 0 saturated carbocycles. The fraction of sp³-hybridized carbons (Fsp3) is 0.462. The van der Waals surface area contributed by atoms with Crippen LogP contribution in [0.2, 0.25) is 0 Å². The summed E-state index contributed by atoms with van der Waals surface area (Å²) in [7, 11) is 0. The summed E-state index contributed by atoms with van der Waals surface area (Å²) in [6, 6.07) is 9.71. The monoisotopic (exact) mass is 332 g/mol. The van der Waals surface area contributed by atoms with Gasteiger partial charge < -0.3 is 4.74 Å². The highest BCUT2D eigenvalue weighted by atomic mass is 127. The van der Waals surface area contributed by atoms with Crippen molar-refractivity contribution >= 4 is 28.6 Å². The third-order valence-electron chi connectivity index (χ3n) is 2.29. The highest BCUT2D eigenvalue weighted by Gasteiger charge is 2.17. The summed E-state index contributed by atoms with van der Waals surface area (Å²) in [6.45, 7) is 2.67. The molecule has 0 aromatic heterocycles. The number of benzene rings is 1. The molecule has 0 saturated heterocycles. The van der Waals surface area contributed by atoms with E-state index in [1.54, 1.807) is 0 Å². The molecule has 1 atom stereocenters. The standard InChI is InChI=1S/C13H17IO2/c1-2-3-7-10-16-13(15)12(14)11-8-5-4-6-9-11/h4-6,8-9,12H,2-3,7,10H2,1H3. The zero-order chi connectivity index (χ0) is 11.8. The van der Waals surface area contributed by atoms with Crippen LogP contribution in [0.15, 0.2) is 30.3 Å². The largest absolute Gasteiger partial charge is 0.465 e. The van der Waals surface area contributed by atoms with Crippen LogP contribution in [0.5, 0.6) is 0 Å². The van der Waals surface area contributed by atoms with E-state index in [1.807, 2.05) is 30.3 Å². The van der Waals surface area contributed by atoms with Gasteiger partial charge in [-0.1, -0.05) is 72.7 Å². The maximum Gasteiger partial charge on any atom is 0.323 e. The van der Waals surface area contributed by atoms with Gasteiger partial charge in [0.15, 0.2) is 0 Å². The maximum absolute atomic E-state index is 11.7. The van der Waals surface area contributed by atoms with E-state index >= 15 is 0 Å². The van der Waals surface area contributed by atoms with E-state index in [1.165, 1.54) is 0 Å². The molecule has 1 aromatic carbocycles. The molecule has 0 spiro atoms. The van der Waals surface area contributed by atoms with Crippen molar-refractivity contribution in [3.63, 3.8) is 0 Å². The SMILES string of the molecule is CCCCCOC(=O)C(I)c1ccccc1. The Kier molecular flexibility index (Phi) is 6.45. The topological polar surface area (TPSA) is 26.3 Å². The smallest absolute Gasteiger partial charge is 0.323 e. The molecular weight excluding hydrogens is 315 g/mol. The first-order valence-corrected chi connectivity index (χ1v) is 6.86. The van der Waals surface area contributed by atoms with E-state index in [-0.39, 0.29) is 9.89 Å². The lowest BCUT2D eigenvalue weighted by molar-refractivity contribution is -0.142. The fourth-order valence-corrected chi connectivity index (χ4v) is 1.95. The number of carbonyl (C=O) groups is 1. The first kappa shape index (κ1) is 13.5. The lowest BCUT2D eigenvalue weighted by Gasteiger charge is -2.10. The molecule has 16 heavy (non-hydrogen) atoms. The van der Waals surface area contributed by atoms with E-state index in [9.17, 15) is 4.79 Å². The van der Waals surface area contributed by atoms with Gasteiger partial charge in [-0.2, -0.15) is 0 Å². The highest BCUT2D eigenvalue weighted by molar-refractivity contribution is 14.1. The van der Waals surface area contributed by atoms with E-state index in [0.29, 0.717) is 6.61 Å². The van der Waals surface area contributed by atoms with Crippen molar-refractivity contribution < 1.29 is 9.53 Å². The molecule has 0 heterocycles. The summed E-state index contributed by atoms with van der Waals surface area (Å²) in [5.41, 5.74) is 1.00. The van der Waals surface area contributed by atoms with E-state index < -0.39 is 0 Å². The molecule has 0 N–H and O–H groups in total. The number of esters is 1. The zero-order valence-corrected chi connectivity index (χ0v) is 11.6. The zero-order valence-electron chi connectivity index (χ0n) is 9.49. The maximum atomic E-state index is 11.7. The minimum Gasteiger partial charge on any atom is -0.465 e. The molecule has 88 valence electrons. The second-order valence-electron chi connectivity index (χ2n) is 3.65. The van der Waals surface area contributed by atoms with E-state index in [2.05, 4.69) is 29.5 Å². The molecule has 2 nitrogen and oxygen atoms in total. The van der Waals surface area contributed by atoms with Gasteiger partial charge in [-0.15, -0.1) is 0 Å². The first-order chi connectivity index (χ1) is 7.75. The molecule has 0 aliphatic carbocycles. The Morgan fingerprint density at radius 2 is 2.00 bits per heavy atom. The van der Waals surface area contributed by atoms with Crippen molar-refractivity contribution in [2.45, 2.75) is 30.1 Å². The van der Waals surface area contributed by atoms with Gasteiger partial charge in [0.1, 0.15) is 3.92 Å². The van der Waals surface area contributed by atoms with Gasteiger partial charge in [0.2, 0.25) is 0 Å². The number of hydrogen-bond donors (Lipinski definition) is 0. The molecule has 1 rings (SSSR count). The van der Waals surface area contributed by atoms with Gasteiger partial charge in [-0.25, -0.2) is 0 Å². The average molecular weight is 332 g/mol. The van der Waals surface area contributed by atoms with Crippen LogP contribution in [0.3, 0.4) is 0 Å². The highest BCUT2D eigenvalue weighted by Crippen LogP contribution is 2.24. The summed E-state index contributed by atoms with van der Waals surface area (Å²) >= 11 is 2.12. The summed E-state index contributed by atoms with van der Waals surface area (Å²) in [5.74, 6) is -0.136. The summed E-state index contributed by atoms with van der Waals surface area (Å²) < 4.78 is 5.02. The molecule has 0 bridgehead atoms. The molecule has 1 aromatic rings. The molecular formula is C13H17IO2. The molecule has 0 aliphatic heterocycles. The normalized spacial score (nSPS) is 12.1. The second-order valence-corrected chi connectivity index (χ2v) is 4.89. The van der Waals surface area contributed by atoms with Crippen LogP contribution < -0.4 is 0 Å². The van der Waals surface area contributed by atoms with Crippen LogP contribution in [0, 0.1) is 0 Å². The third-order valence-corrected chi connectivity index (χ3v) is 3.52. The van der Waals surface area contributed by atoms with Crippen LogP contribution in [0.1, 0.15) is 35.7 Å². The Morgan fingerprint density at radius 1 is 1.31 bits per heavy atom. The number of halogens is 1. The van der Waals surface area contributed by atoms with E-state index in [0.717, 1.165) is 24.8 Å². The van der Waals surface area contributed by atoms with E-state index in [4.69, 9.17) is 4.74 Å². The Labute approximate surface area is 111 Å². The predicted octanol–water partition coefficient (Wildman–Crippen LogP) is 3.90. The van der Waals surface area contributed by atoms with Crippen molar-refractivity contribution in [2.75, 3.05) is 6.61 Å². The number of ether oxygens (including phenoxy) is 1. The summed E-state index contributed by atoms with van der Waals surface area (Å²) in [6.07, 6.45) is 3.22. The lowest BCUT2D eigenvalue weighted by Crippen LogP contribution is -2.11. The van der Waals surface area contributed by atoms with Crippen LogP contribution in [-0.2, 0) is 9.53 Å². The van der Waals surface area contributed by atoms with Crippen molar-refractivity contribution in [3.05, 3.63) is 35.9 Å². The van der Waals surface area contributed by atoms with Crippen LogP contribution in [0.25, 0.3) is 0 Å². The predicted molar refractivity (Wildman–Crippen MR) is 73.7 cm³/mol. The molecule has 0 amide bonds. The number of carbonyl (C=O) groups excluding carboxylic acids is 1. The number of alkyl halides is 1. The molecule has 3 heteroatoms. The van der Waals surface area contributed by atoms with Crippen LogP contribution in [0.4, 0.5) is 0 Å². The molecule has 0 radical (unpaired) electrons. The van der Waals surface area contributed by atoms with Gasteiger partial charge in [0.05, 0.1) is 6.61 Å². The number of rotatable bonds is 6. The summed E-state index contributed by atoms with van der Waals surface area (Å²) in [5, 5.41) is 0. The van der Waals surface area contributed by atoms with Crippen molar-refractivity contribution in [1.29, 1.82) is 0 Å². The van der Waals surface area contributed by atoms with Gasteiger partial charge >= 0.3 is 5.97 Å². The van der Waals surface area contributed by atoms with Crippen molar-refractivity contribution in [1.82, 2.24) is 0 Å². The van der Waals surface area contributed by atoms with Crippen molar-refractivity contribution in [2.24, 2.45) is 0 Å². The Bertz CT molecular complexity index is 311. The number of unbranched alkanes of at least 4 members (excludes halogenated alkanes) is 2. The fourth-order valence-electron chi connectivity index (χ4n) is 1.36. The van der Waals surface area contributed by atoms with Crippen LogP contribution in [-0.4, -0.2) is 12.6 Å². The average Bonchev–Trinajstić information content (AvgIpc) is 2.34. The Morgan fingerprint density at radius 3 is 2.62 bits per heavy atom. The van der Waals surface area contributed by atoms with Crippen LogP contribution >= 0.6 is 22.6 Å². The quantitative estimate of drug-likeness (QED) is 0.342. The van der Waals surface area contributed by atoms with Gasteiger partial charge in [-0.05, 0) is 12.0 Å². The molecule has 1 unspecified atom stereocenters. The second kappa shape index (κ2) is 7.65. The van der Waals surface area contributed by atoms with Gasteiger partial charge in [-0.3, -0.25) is 4.79 Å². The van der Waals surface area contributed by atoms with Gasteiger partial charge in [0.25, 0.3) is 0 Å².